The Morgan fingerprint density at radius 3 is 1.79 bits per heavy atom. The van der Waals surface area contributed by atoms with Gasteiger partial charge in [0.15, 0.2) is 0 Å². The number of hydrogen-bond donors (Lipinski definition) is 0. The summed E-state index contributed by atoms with van der Waals surface area (Å²) < 4.78 is 5.70. The summed E-state index contributed by atoms with van der Waals surface area (Å²) in [5, 5.41) is 4.74. The van der Waals surface area contributed by atoms with Crippen LogP contribution in [-0.4, -0.2) is 45.3 Å². The third kappa shape index (κ3) is 3.48. The summed E-state index contributed by atoms with van der Waals surface area (Å²) in [7, 11) is 0. The van der Waals surface area contributed by atoms with Crippen LogP contribution in [0.2, 0.25) is 10.5 Å². The van der Waals surface area contributed by atoms with Crippen LogP contribution in [0.3, 0.4) is 0 Å². The third-order valence-electron chi connectivity index (χ3n) is 8.76. The van der Waals surface area contributed by atoms with E-state index in [0.717, 1.165) is 14.4 Å². The summed E-state index contributed by atoms with van der Waals surface area (Å²) in [5.74, 6) is -0.292. The monoisotopic (exact) mass is 683 g/mol. The van der Waals surface area contributed by atoms with Crippen molar-refractivity contribution in [3.05, 3.63) is 117 Å². The zero-order chi connectivity index (χ0) is 26.1. The van der Waals surface area contributed by atoms with Crippen molar-refractivity contribution in [3.63, 3.8) is 0 Å². The molecule has 5 aromatic rings. The molecule has 0 N–H and O–H groups in total. The van der Waals surface area contributed by atoms with Crippen molar-refractivity contribution >= 4 is 86.0 Å². The molecule has 3 nitrogen and oxygen atoms in total. The van der Waals surface area contributed by atoms with Gasteiger partial charge in [0.2, 0.25) is 0 Å². The van der Waals surface area contributed by atoms with Crippen LogP contribution in [0, 0.1) is 0 Å². The Morgan fingerprint density at radius 1 is 0.667 bits per heavy atom. The van der Waals surface area contributed by atoms with Gasteiger partial charge < -0.3 is 0 Å². The normalized spacial score (nSPS) is 17.0. The Labute approximate surface area is 239 Å². The summed E-state index contributed by atoms with van der Waals surface area (Å²) in [6, 6.07) is 34.3. The molecule has 2 aliphatic heterocycles. The summed E-state index contributed by atoms with van der Waals surface area (Å²) in [5.41, 5.74) is 4.10. The summed E-state index contributed by atoms with van der Waals surface area (Å²) in [6.45, 7) is 0. The van der Waals surface area contributed by atoms with Gasteiger partial charge in [-0.25, -0.2) is 0 Å². The predicted molar refractivity (Wildman–Crippen MR) is 163 cm³/mol. The number of allylic oxidation sites excluding steroid dienone is 1. The van der Waals surface area contributed by atoms with Crippen LogP contribution in [0.4, 0.5) is 15.1 Å². The van der Waals surface area contributed by atoms with Gasteiger partial charge in [-0.2, -0.15) is 0 Å². The van der Waals surface area contributed by atoms with Gasteiger partial charge in [0.1, 0.15) is 0 Å². The SMILES string of the molecule is O=C1C(=Cc2ccc(N3c4cccc[c]4[Ge]4([CH2]CC[CH2]4)[c]4ccccc43)[te]2)C(=O)c2cc3ccccc3cc21. The molecular formula is C34H25GeNO2Te. The first kappa shape index (κ1) is 23.7. The Balaban J connectivity index is 1.22. The molecule has 0 atom stereocenters. The number of benzene rings is 4. The zero-order valence-electron chi connectivity index (χ0n) is 21.3. The summed E-state index contributed by atoms with van der Waals surface area (Å²) in [6.07, 6.45) is 4.58. The fourth-order valence-corrected chi connectivity index (χ4v) is 21.4. The minimum atomic E-state index is -2.39. The van der Waals surface area contributed by atoms with E-state index in [-0.39, 0.29) is 11.6 Å². The minimum absolute atomic E-state index is 0.146. The Hall–Kier alpha value is -3.17. The fraction of sp³-hybridized carbons (Fsp3) is 0.118. The molecule has 4 aromatic carbocycles. The third-order valence-corrected chi connectivity index (χ3v) is 22.8. The second-order valence-corrected chi connectivity index (χ2v) is 22.8. The van der Waals surface area contributed by atoms with E-state index in [1.165, 1.54) is 38.4 Å². The second kappa shape index (κ2) is 8.93. The summed E-state index contributed by atoms with van der Waals surface area (Å²) in [4.78, 5) is 29.2. The standard InChI is InChI=1S/C34H25GeNO2Te/c37-33-25-19-22-9-1-2-10-23(22)20-26(25)34(38)27(33)21-24-15-16-32(39-24)36-30-13-5-3-11-28(30)35(17-7-8-18-35)29-12-4-6-14-31(29)36/h1-6,9-16,19-21H,7-8,17-18H2. The Morgan fingerprint density at radius 2 is 1.21 bits per heavy atom. The van der Waals surface area contributed by atoms with Crippen LogP contribution in [0.1, 0.15) is 37.1 Å². The van der Waals surface area contributed by atoms with Crippen LogP contribution >= 0.6 is 0 Å². The topological polar surface area (TPSA) is 37.4 Å². The molecule has 5 heteroatoms. The number of carbonyl (C=O) groups is 2. The molecule has 1 saturated heterocycles. The molecule has 188 valence electrons. The van der Waals surface area contributed by atoms with E-state index in [4.69, 9.17) is 0 Å². The van der Waals surface area contributed by atoms with Crippen molar-refractivity contribution in [1.29, 1.82) is 0 Å². The van der Waals surface area contributed by atoms with Gasteiger partial charge in [-0.15, -0.1) is 0 Å². The average molecular weight is 680 g/mol. The van der Waals surface area contributed by atoms with Crippen LogP contribution < -0.4 is 13.7 Å². The van der Waals surface area contributed by atoms with Gasteiger partial charge >= 0.3 is 241 Å². The van der Waals surface area contributed by atoms with E-state index in [1.807, 2.05) is 42.5 Å². The maximum absolute atomic E-state index is 13.4. The number of hydrogen-bond acceptors (Lipinski definition) is 3. The molecule has 0 radical (unpaired) electrons. The number of carbonyl (C=O) groups excluding carboxylic acids is 2. The molecule has 3 heterocycles. The molecule has 1 aliphatic carbocycles. The number of Topliss-reactive ketones (excluding diaryl/α,β-unsaturated/α-hetero) is 2. The molecule has 0 saturated carbocycles. The van der Waals surface area contributed by atoms with Crippen LogP contribution in [0.15, 0.2) is 103 Å². The average Bonchev–Trinajstić information content (AvgIpc) is 3.70. The van der Waals surface area contributed by atoms with E-state index < -0.39 is 33.7 Å². The molecule has 1 aromatic heterocycles. The summed E-state index contributed by atoms with van der Waals surface area (Å²) >= 11 is -3.19. The molecule has 1 spiro atoms. The van der Waals surface area contributed by atoms with Crippen LogP contribution in [-0.2, 0) is 0 Å². The second-order valence-electron chi connectivity index (χ2n) is 10.8. The number of nitrogens with zero attached hydrogens (tertiary/aromatic N) is 1. The van der Waals surface area contributed by atoms with E-state index in [9.17, 15) is 9.59 Å². The first-order chi connectivity index (χ1) is 19.1. The van der Waals surface area contributed by atoms with Gasteiger partial charge in [0.25, 0.3) is 0 Å². The quantitative estimate of drug-likeness (QED) is 0.122. The van der Waals surface area contributed by atoms with E-state index >= 15 is 0 Å². The molecule has 3 aliphatic rings. The Kier molecular flexibility index (Phi) is 5.42. The number of para-hydroxylation sites is 2. The molecule has 0 bridgehead atoms. The molecule has 1 fully saturated rings. The van der Waals surface area contributed by atoms with Gasteiger partial charge in [0.05, 0.1) is 0 Å². The first-order valence-electron chi connectivity index (χ1n) is 13.6. The molecular weight excluding hydrogens is 655 g/mol. The Bertz CT molecular complexity index is 1770. The van der Waals surface area contributed by atoms with Crippen LogP contribution in [0.5, 0.6) is 0 Å². The van der Waals surface area contributed by atoms with Crippen molar-refractivity contribution in [1.82, 2.24) is 0 Å². The number of ketones is 2. The molecule has 39 heavy (non-hydrogen) atoms. The van der Waals surface area contributed by atoms with Crippen molar-refractivity contribution in [2.75, 3.05) is 4.90 Å². The zero-order valence-corrected chi connectivity index (χ0v) is 25.7. The molecule has 0 unspecified atom stereocenters. The van der Waals surface area contributed by atoms with Crippen molar-refractivity contribution < 1.29 is 9.59 Å². The van der Waals surface area contributed by atoms with Crippen molar-refractivity contribution in [2.45, 2.75) is 23.3 Å². The number of fused-ring (bicyclic) bond motifs is 6. The van der Waals surface area contributed by atoms with Gasteiger partial charge in [-0.1, -0.05) is 0 Å². The van der Waals surface area contributed by atoms with Gasteiger partial charge in [-0.05, 0) is 0 Å². The van der Waals surface area contributed by atoms with Crippen molar-refractivity contribution in [2.24, 2.45) is 0 Å². The number of rotatable bonds is 2. The number of anilines is 3. The first-order valence-corrected chi connectivity index (χ1v) is 21.0. The van der Waals surface area contributed by atoms with Crippen molar-refractivity contribution in [3.8, 4) is 0 Å². The van der Waals surface area contributed by atoms with E-state index in [0.29, 0.717) is 16.7 Å². The maximum atomic E-state index is 13.4. The fourth-order valence-electron chi connectivity index (χ4n) is 7.00. The molecule has 8 rings (SSSR count). The predicted octanol–water partition coefficient (Wildman–Crippen LogP) is 6.50. The van der Waals surface area contributed by atoms with E-state index in [1.54, 1.807) is 8.79 Å². The van der Waals surface area contributed by atoms with Gasteiger partial charge in [-0.3, -0.25) is 0 Å². The van der Waals surface area contributed by atoms with Crippen LogP contribution in [0.25, 0.3) is 16.8 Å². The van der Waals surface area contributed by atoms with E-state index in [2.05, 4.69) is 65.6 Å². The molecule has 0 amide bonds. The van der Waals surface area contributed by atoms with Gasteiger partial charge in [0, 0.05) is 0 Å².